The SMILES string of the molecule is O=C(CCNC(=O)[C@@H]1CCCN(S(=O)(=O)c2ccccc2)C1)Nc1ccncc1. The van der Waals surface area contributed by atoms with E-state index in [9.17, 15) is 18.0 Å². The van der Waals surface area contributed by atoms with Gasteiger partial charge in [-0.15, -0.1) is 0 Å². The molecule has 0 bridgehead atoms. The molecule has 0 radical (unpaired) electrons. The van der Waals surface area contributed by atoms with Crippen LogP contribution in [0, 0.1) is 5.92 Å². The van der Waals surface area contributed by atoms with Gasteiger partial charge in [-0.05, 0) is 37.1 Å². The molecule has 1 atom stereocenters. The first-order valence-corrected chi connectivity index (χ1v) is 10.9. The molecule has 1 aliphatic rings. The number of carbonyl (C=O) groups is 2. The molecule has 2 amide bonds. The maximum Gasteiger partial charge on any atom is 0.243 e. The van der Waals surface area contributed by atoms with Crippen molar-refractivity contribution in [3.63, 3.8) is 0 Å². The number of hydrogen-bond donors (Lipinski definition) is 2. The van der Waals surface area contributed by atoms with Crippen LogP contribution < -0.4 is 10.6 Å². The Morgan fingerprint density at radius 3 is 2.55 bits per heavy atom. The molecule has 1 aliphatic heterocycles. The van der Waals surface area contributed by atoms with Crippen molar-refractivity contribution in [2.24, 2.45) is 5.92 Å². The van der Waals surface area contributed by atoms with Gasteiger partial charge < -0.3 is 10.6 Å². The number of pyridine rings is 1. The second-order valence-corrected chi connectivity index (χ2v) is 8.78. The molecule has 1 aromatic heterocycles. The van der Waals surface area contributed by atoms with Crippen LogP contribution in [0.5, 0.6) is 0 Å². The topological polar surface area (TPSA) is 108 Å². The Morgan fingerprint density at radius 2 is 1.83 bits per heavy atom. The molecule has 154 valence electrons. The first-order valence-electron chi connectivity index (χ1n) is 9.49. The Bertz CT molecular complexity index is 935. The monoisotopic (exact) mass is 416 g/mol. The molecule has 0 saturated carbocycles. The van der Waals surface area contributed by atoms with E-state index >= 15 is 0 Å². The van der Waals surface area contributed by atoms with Crippen molar-refractivity contribution in [3.8, 4) is 0 Å². The predicted octanol–water partition coefficient (Wildman–Crippen LogP) is 1.63. The zero-order valence-electron chi connectivity index (χ0n) is 16.0. The van der Waals surface area contributed by atoms with Crippen molar-refractivity contribution >= 4 is 27.5 Å². The summed E-state index contributed by atoms with van der Waals surface area (Å²) in [5.41, 5.74) is 0.644. The van der Waals surface area contributed by atoms with Crippen LogP contribution in [0.25, 0.3) is 0 Å². The number of sulfonamides is 1. The summed E-state index contributed by atoms with van der Waals surface area (Å²) < 4.78 is 26.9. The normalized spacial score (nSPS) is 17.4. The van der Waals surface area contributed by atoms with E-state index in [1.165, 1.54) is 4.31 Å². The molecule has 1 saturated heterocycles. The fourth-order valence-corrected chi connectivity index (χ4v) is 4.76. The molecule has 9 heteroatoms. The van der Waals surface area contributed by atoms with E-state index in [1.54, 1.807) is 54.9 Å². The highest BCUT2D eigenvalue weighted by Crippen LogP contribution is 2.23. The smallest absolute Gasteiger partial charge is 0.243 e. The highest BCUT2D eigenvalue weighted by Gasteiger charge is 2.33. The van der Waals surface area contributed by atoms with Gasteiger partial charge in [0.1, 0.15) is 0 Å². The summed E-state index contributed by atoms with van der Waals surface area (Å²) in [6, 6.07) is 11.6. The summed E-state index contributed by atoms with van der Waals surface area (Å²) in [4.78, 5) is 28.5. The Hall–Kier alpha value is -2.78. The second kappa shape index (κ2) is 9.62. The third-order valence-electron chi connectivity index (χ3n) is 4.75. The molecule has 29 heavy (non-hydrogen) atoms. The van der Waals surface area contributed by atoms with Crippen molar-refractivity contribution in [2.45, 2.75) is 24.2 Å². The predicted molar refractivity (Wildman–Crippen MR) is 108 cm³/mol. The van der Waals surface area contributed by atoms with Gasteiger partial charge in [0.15, 0.2) is 0 Å². The highest BCUT2D eigenvalue weighted by molar-refractivity contribution is 7.89. The van der Waals surface area contributed by atoms with Gasteiger partial charge in [-0.2, -0.15) is 4.31 Å². The number of anilines is 1. The van der Waals surface area contributed by atoms with E-state index in [-0.39, 0.29) is 36.2 Å². The largest absolute Gasteiger partial charge is 0.355 e. The van der Waals surface area contributed by atoms with Gasteiger partial charge in [-0.3, -0.25) is 14.6 Å². The molecule has 0 spiro atoms. The minimum atomic E-state index is -3.61. The van der Waals surface area contributed by atoms with Gasteiger partial charge in [-0.1, -0.05) is 18.2 Å². The number of amides is 2. The molecule has 8 nitrogen and oxygen atoms in total. The van der Waals surface area contributed by atoms with Crippen molar-refractivity contribution in [2.75, 3.05) is 25.0 Å². The number of rotatable bonds is 7. The van der Waals surface area contributed by atoms with Crippen LogP contribution in [0.1, 0.15) is 19.3 Å². The third-order valence-corrected chi connectivity index (χ3v) is 6.63. The van der Waals surface area contributed by atoms with Gasteiger partial charge in [0.25, 0.3) is 0 Å². The fraction of sp³-hybridized carbons (Fsp3) is 0.350. The summed E-state index contributed by atoms with van der Waals surface area (Å²) in [7, 11) is -3.61. The zero-order valence-corrected chi connectivity index (χ0v) is 16.8. The van der Waals surface area contributed by atoms with Crippen LogP contribution in [0.15, 0.2) is 59.8 Å². The molecule has 1 fully saturated rings. The lowest BCUT2D eigenvalue weighted by atomic mass is 9.99. The van der Waals surface area contributed by atoms with Crippen LogP contribution in [0.3, 0.4) is 0 Å². The summed E-state index contributed by atoms with van der Waals surface area (Å²) >= 11 is 0. The Balaban J connectivity index is 1.49. The van der Waals surface area contributed by atoms with Gasteiger partial charge in [0, 0.05) is 44.1 Å². The Kier molecular flexibility index (Phi) is 6.95. The molecule has 0 aliphatic carbocycles. The van der Waals surface area contributed by atoms with Crippen LogP contribution in [0.2, 0.25) is 0 Å². The van der Waals surface area contributed by atoms with E-state index in [1.807, 2.05) is 0 Å². The lowest BCUT2D eigenvalue weighted by Crippen LogP contribution is -2.45. The Labute approximate surface area is 170 Å². The first-order chi connectivity index (χ1) is 14.0. The van der Waals surface area contributed by atoms with E-state index in [2.05, 4.69) is 15.6 Å². The standard InChI is InChI=1S/C20H24N4O4S/c25-19(23-17-8-11-21-12-9-17)10-13-22-20(26)16-5-4-14-24(15-16)29(27,28)18-6-2-1-3-7-18/h1-3,6-9,11-12,16H,4-5,10,13-15H2,(H,22,26)(H,21,23,25)/t16-/m1/s1. The van der Waals surface area contributed by atoms with Crippen LogP contribution in [0.4, 0.5) is 5.69 Å². The summed E-state index contributed by atoms with van der Waals surface area (Å²) in [5.74, 6) is -0.867. The number of nitrogens with one attached hydrogen (secondary N) is 2. The molecule has 3 rings (SSSR count). The summed E-state index contributed by atoms with van der Waals surface area (Å²) in [5, 5.41) is 5.47. The quantitative estimate of drug-likeness (QED) is 0.713. The molecule has 0 unspecified atom stereocenters. The van der Waals surface area contributed by atoms with E-state index in [0.29, 0.717) is 25.1 Å². The molecule has 2 aromatic rings. The molecular formula is C20H24N4O4S. The molecule has 1 aromatic carbocycles. The van der Waals surface area contributed by atoms with Crippen LogP contribution in [-0.4, -0.2) is 49.2 Å². The van der Waals surface area contributed by atoms with Crippen molar-refractivity contribution in [3.05, 3.63) is 54.9 Å². The average molecular weight is 417 g/mol. The van der Waals surface area contributed by atoms with Gasteiger partial charge in [0.2, 0.25) is 21.8 Å². The maximum atomic E-state index is 12.8. The lowest BCUT2D eigenvalue weighted by molar-refractivity contribution is -0.126. The maximum absolute atomic E-state index is 12.8. The van der Waals surface area contributed by atoms with Crippen molar-refractivity contribution < 1.29 is 18.0 Å². The molecule has 2 N–H and O–H groups in total. The fourth-order valence-electron chi connectivity index (χ4n) is 3.22. The first kappa shape index (κ1) is 20.9. The van der Waals surface area contributed by atoms with Crippen LogP contribution in [-0.2, 0) is 19.6 Å². The number of nitrogens with zero attached hydrogens (tertiary/aromatic N) is 2. The summed E-state index contributed by atoms with van der Waals surface area (Å²) in [6.45, 7) is 0.735. The second-order valence-electron chi connectivity index (χ2n) is 6.84. The number of piperidine rings is 1. The number of benzene rings is 1. The number of carbonyl (C=O) groups excluding carboxylic acids is 2. The van der Waals surface area contributed by atoms with E-state index < -0.39 is 15.9 Å². The van der Waals surface area contributed by atoms with Crippen molar-refractivity contribution in [1.82, 2.24) is 14.6 Å². The minimum Gasteiger partial charge on any atom is -0.355 e. The number of aromatic nitrogens is 1. The highest BCUT2D eigenvalue weighted by atomic mass is 32.2. The number of hydrogen-bond acceptors (Lipinski definition) is 5. The lowest BCUT2D eigenvalue weighted by Gasteiger charge is -2.31. The van der Waals surface area contributed by atoms with Gasteiger partial charge >= 0.3 is 0 Å². The Morgan fingerprint density at radius 1 is 1.10 bits per heavy atom. The third kappa shape index (κ3) is 5.61. The van der Waals surface area contributed by atoms with Crippen molar-refractivity contribution in [1.29, 1.82) is 0 Å². The molecule has 2 heterocycles. The van der Waals surface area contributed by atoms with Gasteiger partial charge in [-0.25, -0.2) is 8.42 Å². The summed E-state index contributed by atoms with van der Waals surface area (Å²) in [6.07, 6.45) is 4.53. The van der Waals surface area contributed by atoms with E-state index in [4.69, 9.17) is 0 Å². The average Bonchev–Trinajstić information content (AvgIpc) is 2.75. The van der Waals surface area contributed by atoms with E-state index in [0.717, 1.165) is 0 Å². The minimum absolute atomic E-state index is 0.132. The molecular weight excluding hydrogens is 392 g/mol. The zero-order chi connectivity index (χ0) is 20.7. The van der Waals surface area contributed by atoms with Crippen LogP contribution >= 0.6 is 0 Å². The van der Waals surface area contributed by atoms with Gasteiger partial charge in [0.05, 0.1) is 10.8 Å².